The number of benzene rings is 1. The number of hydrogen-bond donors (Lipinski definition) is 2. The predicted molar refractivity (Wildman–Crippen MR) is 49.2 cm³/mol. The highest BCUT2D eigenvalue weighted by molar-refractivity contribution is 5.92. The van der Waals surface area contributed by atoms with Crippen molar-refractivity contribution < 1.29 is 14.3 Å². The van der Waals surface area contributed by atoms with Crippen molar-refractivity contribution in [2.45, 2.75) is 18.9 Å². The maximum atomic E-state index is 12.9. The zero-order chi connectivity index (χ0) is 10.1. The van der Waals surface area contributed by atoms with Crippen LogP contribution in [0.15, 0.2) is 18.2 Å². The van der Waals surface area contributed by atoms with Gasteiger partial charge in [0.2, 0.25) is 5.91 Å². The van der Waals surface area contributed by atoms with Gasteiger partial charge in [0.25, 0.3) is 0 Å². The fraction of sp³-hybridized carbons (Fsp3) is 0.300. The number of rotatable bonds is 0. The van der Waals surface area contributed by atoms with Gasteiger partial charge in [0, 0.05) is 17.7 Å². The smallest absolute Gasteiger partial charge is 0.224 e. The molecule has 0 saturated carbocycles. The third kappa shape index (κ3) is 1.61. The van der Waals surface area contributed by atoms with E-state index in [1.807, 2.05) is 0 Å². The van der Waals surface area contributed by atoms with Crippen LogP contribution in [0.2, 0.25) is 0 Å². The molecule has 1 amide bonds. The Labute approximate surface area is 80.6 Å². The Bertz CT molecular complexity index is 378. The molecule has 1 atom stereocenters. The third-order valence-corrected chi connectivity index (χ3v) is 2.29. The van der Waals surface area contributed by atoms with Gasteiger partial charge < -0.3 is 10.4 Å². The molecule has 0 fully saturated rings. The van der Waals surface area contributed by atoms with E-state index >= 15 is 0 Å². The summed E-state index contributed by atoms with van der Waals surface area (Å²) < 4.78 is 12.9. The summed E-state index contributed by atoms with van der Waals surface area (Å²) in [5, 5.41) is 12.2. The van der Waals surface area contributed by atoms with E-state index in [0.717, 1.165) is 0 Å². The number of aliphatic hydroxyl groups excluding tert-OH is 1. The zero-order valence-corrected chi connectivity index (χ0v) is 7.46. The Morgan fingerprint density at radius 1 is 1.50 bits per heavy atom. The molecule has 0 aliphatic carbocycles. The lowest BCUT2D eigenvalue weighted by atomic mass is 10.0. The van der Waals surface area contributed by atoms with Gasteiger partial charge in [-0.25, -0.2) is 4.39 Å². The lowest BCUT2D eigenvalue weighted by Crippen LogP contribution is -2.09. The normalized spacial score (nSPS) is 21.0. The second kappa shape index (κ2) is 3.38. The number of carbonyl (C=O) groups excluding carboxylic acids is 1. The van der Waals surface area contributed by atoms with Gasteiger partial charge in [-0.1, -0.05) is 0 Å². The molecule has 1 heterocycles. The van der Waals surface area contributed by atoms with Crippen LogP contribution in [0.4, 0.5) is 10.1 Å². The van der Waals surface area contributed by atoms with E-state index in [1.165, 1.54) is 18.2 Å². The molecular weight excluding hydrogens is 185 g/mol. The number of fused-ring (bicyclic) bond motifs is 1. The Kier molecular flexibility index (Phi) is 2.21. The Morgan fingerprint density at radius 3 is 3.07 bits per heavy atom. The molecular formula is C10H10FNO2. The van der Waals surface area contributed by atoms with Crippen LogP contribution >= 0.6 is 0 Å². The third-order valence-electron chi connectivity index (χ3n) is 2.29. The highest BCUT2D eigenvalue weighted by Gasteiger charge is 2.20. The van der Waals surface area contributed by atoms with Crippen molar-refractivity contribution >= 4 is 11.6 Å². The van der Waals surface area contributed by atoms with Crippen LogP contribution in [0.1, 0.15) is 24.5 Å². The van der Waals surface area contributed by atoms with E-state index in [0.29, 0.717) is 17.7 Å². The maximum absolute atomic E-state index is 12.9. The van der Waals surface area contributed by atoms with E-state index in [4.69, 9.17) is 0 Å². The van der Waals surface area contributed by atoms with Gasteiger partial charge >= 0.3 is 0 Å². The minimum atomic E-state index is -0.764. The zero-order valence-electron chi connectivity index (χ0n) is 7.46. The Morgan fingerprint density at radius 2 is 2.29 bits per heavy atom. The van der Waals surface area contributed by atoms with E-state index in [-0.39, 0.29) is 12.3 Å². The van der Waals surface area contributed by atoms with E-state index in [9.17, 15) is 14.3 Å². The summed E-state index contributed by atoms with van der Waals surface area (Å²) in [5.41, 5.74) is 0.956. The first kappa shape index (κ1) is 9.15. The number of carbonyl (C=O) groups is 1. The highest BCUT2D eigenvalue weighted by atomic mass is 19.1. The van der Waals surface area contributed by atoms with Crippen LogP contribution in [0.25, 0.3) is 0 Å². The quantitative estimate of drug-likeness (QED) is 0.660. The number of amides is 1. The lowest BCUT2D eigenvalue weighted by molar-refractivity contribution is -0.116. The molecule has 2 rings (SSSR count). The van der Waals surface area contributed by atoms with Gasteiger partial charge in [-0.05, 0) is 24.6 Å². The standard InChI is InChI=1S/C10H10FNO2/c11-6-1-2-8-7(5-6)9(13)3-4-10(14)12-8/h1-2,5,9,13H,3-4H2,(H,12,14). The summed E-state index contributed by atoms with van der Waals surface area (Å²) in [6.45, 7) is 0. The molecule has 0 bridgehead atoms. The van der Waals surface area contributed by atoms with E-state index < -0.39 is 11.9 Å². The fourth-order valence-corrected chi connectivity index (χ4v) is 1.56. The van der Waals surface area contributed by atoms with Crippen molar-refractivity contribution in [2.24, 2.45) is 0 Å². The molecule has 1 aromatic rings. The monoisotopic (exact) mass is 195 g/mol. The van der Waals surface area contributed by atoms with Gasteiger partial charge in [-0.15, -0.1) is 0 Å². The van der Waals surface area contributed by atoms with Crippen molar-refractivity contribution in [3.05, 3.63) is 29.6 Å². The molecule has 74 valence electrons. The lowest BCUT2D eigenvalue weighted by Gasteiger charge is -2.10. The summed E-state index contributed by atoms with van der Waals surface area (Å²) in [6, 6.07) is 3.99. The van der Waals surface area contributed by atoms with Crippen LogP contribution < -0.4 is 5.32 Å². The number of hydrogen-bond acceptors (Lipinski definition) is 2. The van der Waals surface area contributed by atoms with Crippen LogP contribution in [0.5, 0.6) is 0 Å². The summed E-state index contributed by atoms with van der Waals surface area (Å²) in [5.74, 6) is -0.548. The van der Waals surface area contributed by atoms with Crippen molar-refractivity contribution in [3.63, 3.8) is 0 Å². The number of anilines is 1. The number of halogens is 1. The Hall–Kier alpha value is -1.42. The molecule has 3 nitrogen and oxygen atoms in total. The first-order valence-corrected chi connectivity index (χ1v) is 4.44. The van der Waals surface area contributed by atoms with Gasteiger partial charge in [-0.2, -0.15) is 0 Å². The molecule has 0 spiro atoms. The van der Waals surface area contributed by atoms with E-state index in [2.05, 4.69) is 5.32 Å². The first-order valence-electron chi connectivity index (χ1n) is 4.44. The van der Waals surface area contributed by atoms with Crippen LogP contribution in [-0.2, 0) is 4.79 Å². The maximum Gasteiger partial charge on any atom is 0.224 e. The van der Waals surface area contributed by atoms with Crippen LogP contribution in [0.3, 0.4) is 0 Å². The van der Waals surface area contributed by atoms with Gasteiger partial charge in [0.05, 0.1) is 6.10 Å². The van der Waals surface area contributed by atoms with Crippen molar-refractivity contribution in [1.29, 1.82) is 0 Å². The van der Waals surface area contributed by atoms with Gasteiger partial charge in [0.15, 0.2) is 0 Å². The molecule has 14 heavy (non-hydrogen) atoms. The van der Waals surface area contributed by atoms with Crippen molar-refractivity contribution in [3.8, 4) is 0 Å². The molecule has 1 unspecified atom stereocenters. The van der Waals surface area contributed by atoms with Gasteiger partial charge in [0.1, 0.15) is 5.82 Å². The topological polar surface area (TPSA) is 49.3 Å². The molecule has 0 radical (unpaired) electrons. The second-order valence-electron chi connectivity index (χ2n) is 3.33. The minimum Gasteiger partial charge on any atom is -0.388 e. The molecule has 1 aliphatic rings. The second-order valence-corrected chi connectivity index (χ2v) is 3.33. The first-order chi connectivity index (χ1) is 6.66. The van der Waals surface area contributed by atoms with Crippen molar-refractivity contribution in [2.75, 3.05) is 5.32 Å². The fourth-order valence-electron chi connectivity index (χ4n) is 1.56. The summed E-state index contributed by atoms with van der Waals surface area (Å²) in [6.07, 6.45) is -0.167. The molecule has 1 aromatic carbocycles. The van der Waals surface area contributed by atoms with Gasteiger partial charge in [-0.3, -0.25) is 4.79 Å². The average Bonchev–Trinajstić information content (AvgIpc) is 2.29. The SMILES string of the molecule is O=C1CCC(O)c2cc(F)ccc2N1. The number of aliphatic hydroxyl groups is 1. The molecule has 0 aromatic heterocycles. The predicted octanol–water partition coefficient (Wildman–Crippen LogP) is 1.59. The molecule has 4 heteroatoms. The summed E-state index contributed by atoms with van der Waals surface area (Å²) >= 11 is 0. The number of nitrogens with one attached hydrogen (secondary N) is 1. The molecule has 1 aliphatic heterocycles. The average molecular weight is 195 g/mol. The largest absolute Gasteiger partial charge is 0.388 e. The van der Waals surface area contributed by atoms with E-state index in [1.54, 1.807) is 0 Å². The summed E-state index contributed by atoms with van der Waals surface area (Å²) in [7, 11) is 0. The molecule has 2 N–H and O–H groups in total. The van der Waals surface area contributed by atoms with Crippen molar-refractivity contribution in [1.82, 2.24) is 0 Å². The Balaban J connectivity index is 2.46. The highest BCUT2D eigenvalue weighted by Crippen LogP contribution is 2.29. The minimum absolute atomic E-state index is 0.144. The summed E-state index contributed by atoms with van der Waals surface area (Å²) in [4.78, 5) is 11.2. The molecule has 0 saturated heterocycles. The van der Waals surface area contributed by atoms with Crippen LogP contribution in [0, 0.1) is 5.82 Å². The van der Waals surface area contributed by atoms with Crippen LogP contribution in [-0.4, -0.2) is 11.0 Å².